The molecule has 1 aromatic heterocycles. The second-order valence-electron chi connectivity index (χ2n) is 4.24. The maximum absolute atomic E-state index is 4.28. The number of imidazole rings is 1. The summed E-state index contributed by atoms with van der Waals surface area (Å²) in [6, 6.07) is 0. The molecule has 3 nitrogen and oxygen atoms in total. The van der Waals surface area contributed by atoms with Crippen molar-refractivity contribution in [2.75, 3.05) is 6.54 Å². The van der Waals surface area contributed by atoms with E-state index in [4.69, 9.17) is 0 Å². The highest BCUT2D eigenvalue weighted by atomic mass is 15.1. The molecule has 0 atom stereocenters. The summed E-state index contributed by atoms with van der Waals surface area (Å²) >= 11 is 0. The van der Waals surface area contributed by atoms with E-state index in [2.05, 4.69) is 14.9 Å². The van der Waals surface area contributed by atoms with Crippen molar-refractivity contribution in [2.45, 2.75) is 32.2 Å². The molecular formula is C11H19N3. The first-order chi connectivity index (χ1) is 6.86. The Hall–Kier alpha value is -0.830. The number of nitrogens with zero attached hydrogens (tertiary/aromatic N) is 2. The summed E-state index contributed by atoms with van der Waals surface area (Å²) < 4.78 is 2.07. The summed E-state index contributed by atoms with van der Waals surface area (Å²) in [5.41, 5.74) is 0. The lowest BCUT2D eigenvalue weighted by atomic mass is 10.1. The molecule has 14 heavy (non-hydrogen) atoms. The van der Waals surface area contributed by atoms with Crippen LogP contribution >= 0.6 is 0 Å². The van der Waals surface area contributed by atoms with E-state index in [1.807, 2.05) is 19.4 Å². The summed E-state index contributed by atoms with van der Waals surface area (Å²) in [6.45, 7) is 2.06. The molecule has 3 heteroatoms. The van der Waals surface area contributed by atoms with Crippen molar-refractivity contribution in [1.82, 2.24) is 14.9 Å². The van der Waals surface area contributed by atoms with Gasteiger partial charge in [-0.3, -0.25) is 0 Å². The average Bonchev–Trinajstić information content (AvgIpc) is 2.78. The van der Waals surface area contributed by atoms with E-state index in [1.165, 1.54) is 25.7 Å². The number of hydrogen-bond acceptors (Lipinski definition) is 2. The minimum absolute atomic E-state index is 0.903. The molecule has 78 valence electrons. The predicted octanol–water partition coefficient (Wildman–Crippen LogP) is 1.70. The SMILES string of the molecule is Cn1ccnc1CNCC1CCCC1. The van der Waals surface area contributed by atoms with Crippen LogP contribution in [-0.4, -0.2) is 16.1 Å². The van der Waals surface area contributed by atoms with E-state index in [0.717, 1.165) is 24.8 Å². The van der Waals surface area contributed by atoms with Crippen molar-refractivity contribution >= 4 is 0 Å². The van der Waals surface area contributed by atoms with Crippen molar-refractivity contribution in [3.8, 4) is 0 Å². The first-order valence-electron chi connectivity index (χ1n) is 5.53. The van der Waals surface area contributed by atoms with Gasteiger partial charge in [0.2, 0.25) is 0 Å². The molecule has 1 heterocycles. The Labute approximate surface area is 85.5 Å². The highest BCUT2D eigenvalue weighted by Crippen LogP contribution is 2.23. The van der Waals surface area contributed by atoms with Crippen LogP contribution in [0.3, 0.4) is 0 Å². The molecule has 1 N–H and O–H groups in total. The third kappa shape index (κ3) is 2.35. The van der Waals surface area contributed by atoms with E-state index in [9.17, 15) is 0 Å². The molecule has 0 saturated heterocycles. The van der Waals surface area contributed by atoms with E-state index < -0.39 is 0 Å². The molecule has 0 aromatic carbocycles. The number of nitrogens with one attached hydrogen (secondary N) is 1. The lowest BCUT2D eigenvalue weighted by Gasteiger charge is -2.10. The minimum Gasteiger partial charge on any atom is -0.337 e. The van der Waals surface area contributed by atoms with Gasteiger partial charge in [-0.05, 0) is 25.3 Å². The van der Waals surface area contributed by atoms with Gasteiger partial charge in [0.05, 0.1) is 6.54 Å². The van der Waals surface area contributed by atoms with Crippen molar-refractivity contribution in [3.63, 3.8) is 0 Å². The topological polar surface area (TPSA) is 29.9 Å². The summed E-state index contributed by atoms with van der Waals surface area (Å²) in [5.74, 6) is 2.04. The molecule has 1 saturated carbocycles. The van der Waals surface area contributed by atoms with Crippen LogP contribution < -0.4 is 5.32 Å². The van der Waals surface area contributed by atoms with Gasteiger partial charge in [0.25, 0.3) is 0 Å². The largest absolute Gasteiger partial charge is 0.337 e. The Morgan fingerprint density at radius 2 is 2.29 bits per heavy atom. The fourth-order valence-corrected chi connectivity index (χ4v) is 2.17. The molecule has 0 amide bonds. The quantitative estimate of drug-likeness (QED) is 0.788. The minimum atomic E-state index is 0.903. The molecule has 1 fully saturated rings. The number of aromatic nitrogens is 2. The Balaban J connectivity index is 1.70. The maximum Gasteiger partial charge on any atom is 0.122 e. The predicted molar refractivity (Wildman–Crippen MR) is 56.9 cm³/mol. The van der Waals surface area contributed by atoms with Crippen molar-refractivity contribution in [3.05, 3.63) is 18.2 Å². The zero-order valence-electron chi connectivity index (χ0n) is 8.87. The molecule has 1 aliphatic carbocycles. The molecule has 1 aliphatic rings. The molecule has 0 bridgehead atoms. The lowest BCUT2D eigenvalue weighted by molar-refractivity contribution is 0.481. The number of hydrogen-bond donors (Lipinski definition) is 1. The monoisotopic (exact) mass is 193 g/mol. The van der Waals surface area contributed by atoms with Gasteiger partial charge in [-0.15, -0.1) is 0 Å². The van der Waals surface area contributed by atoms with Gasteiger partial charge >= 0.3 is 0 Å². The van der Waals surface area contributed by atoms with Gasteiger partial charge in [0.15, 0.2) is 0 Å². The second kappa shape index (κ2) is 4.60. The summed E-state index contributed by atoms with van der Waals surface area (Å²) in [4.78, 5) is 4.28. The second-order valence-corrected chi connectivity index (χ2v) is 4.24. The van der Waals surface area contributed by atoms with Crippen LogP contribution in [-0.2, 0) is 13.6 Å². The van der Waals surface area contributed by atoms with Crippen LogP contribution in [0, 0.1) is 5.92 Å². The van der Waals surface area contributed by atoms with Gasteiger partial charge in [-0.25, -0.2) is 4.98 Å². The summed E-state index contributed by atoms with van der Waals surface area (Å²) in [5, 5.41) is 3.49. The van der Waals surface area contributed by atoms with Gasteiger partial charge in [0, 0.05) is 19.4 Å². The molecule has 2 rings (SSSR count). The zero-order chi connectivity index (χ0) is 9.80. The van der Waals surface area contributed by atoms with E-state index in [-0.39, 0.29) is 0 Å². The van der Waals surface area contributed by atoms with E-state index in [0.29, 0.717) is 0 Å². The maximum atomic E-state index is 4.28. The molecule has 0 aliphatic heterocycles. The summed E-state index contributed by atoms with van der Waals surface area (Å²) in [6.07, 6.45) is 9.52. The summed E-state index contributed by atoms with van der Waals surface area (Å²) in [7, 11) is 2.04. The van der Waals surface area contributed by atoms with Crippen molar-refractivity contribution < 1.29 is 0 Å². The Kier molecular flexibility index (Phi) is 3.19. The van der Waals surface area contributed by atoms with Gasteiger partial charge in [-0.2, -0.15) is 0 Å². The van der Waals surface area contributed by atoms with Crippen molar-refractivity contribution in [1.29, 1.82) is 0 Å². The third-order valence-corrected chi connectivity index (χ3v) is 3.11. The van der Waals surface area contributed by atoms with Crippen LogP contribution in [0.2, 0.25) is 0 Å². The van der Waals surface area contributed by atoms with Crippen LogP contribution in [0.5, 0.6) is 0 Å². The number of rotatable bonds is 4. The molecule has 0 unspecified atom stereocenters. The van der Waals surface area contributed by atoms with Gasteiger partial charge < -0.3 is 9.88 Å². The number of aryl methyl sites for hydroxylation is 1. The highest BCUT2D eigenvalue weighted by molar-refractivity contribution is 4.90. The van der Waals surface area contributed by atoms with E-state index in [1.54, 1.807) is 0 Å². The van der Waals surface area contributed by atoms with E-state index >= 15 is 0 Å². The molecule has 1 aromatic rings. The molecule has 0 radical (unpaired) electrons. The highest BCUT2D eigenvalue weighted by Gasteiger charge is 2.14. The molecular weight excluding hydrogens is 174 g/mol. The van der Waals surface area contributed by atoms with Crippen molar-refractivity contribution in [2.24, 2.45) is 13.0 Å². The average molecular weight is 193 g/mol. The smallest absolute Gasteiger partial charge is 0.122 e. The molecule has 0 spiro atoms. The fraction of sp³-hybridized carbons (Fsp3) is 0.727. The van der Waals surface area contributed by atoms with Gasteiger partial charge in [-0.1, -0.05) is 12.8 Å². The van der Waals surface area contributed by atoms with Crippen LogP contribution in [0.4, 0.5) is 0 Å². The fourth-order valence-electron chi connectivity index (χ4n) is 2.17. The Morgan fingerprint density at radius 1 is 1.50 bits per heavy atom. The normalized spacial score (nSPS) is 17.8. The van der Waals surface area contributed by atoms with Crippen LogP contribution in [0.15, 0.2) is 12.4 Å². The van der Waals surface area contributed by atoms with Crippen LogP contribution in [0.1, 0.15) is 31.5 Å². The first kappa shape index (κ1) is 9.71. The standard InChI is InChI=1S/C11H19N3/c1-14-7-6-13-11(14)9-12-8-10-4-2-3-5-10/h6-7,10,12H,2-5,8-9H2,1H3. The lowest BCUT2D eigenvalue weighted by Crippen LogP contribution is -2.22. The first-order valence-corrected chi connectivity index (χ1v) is 5.53. The Morgan fingerprint density at radius 3 is 2.93 bits per heavy atom. The third-order valence-electron chi connectivity index (χ3n) is 3.11. The van der Waals surface area contributed by atoms with Crippen LogP contribution in [0.25, 0.3) is 0 Å². The Bertz CT molecular complexity index is 274. The zero-order valence-corrected chi connectivity index (χ0v) is 8.87. The van der Waals surface area contributed by atoms with Gasteiger partial charge in [0.1, 0.15) is 5.82 Å².